The van der Waals surface area contributed by atoms with E-state index < -0.39 is 0 Å². The van der Waals surface area contributed by atoms with Crippen molar-refractivity contribution in [2.75, 3.05) is 26.7 Å². The molecule has 0 bridgehead atoms. The van der Waals surface area contributed by atoms with Gasteiger partial charge in [-0.25, -0.2) is 0 Å². The Morgan fingerprint density at radius 3 is 2.62 bits per heavy atom. The molecule has 2 aromatic rings. The number of nitrogens with zero attached hydrogens (tertiary/aromatic N) is 3. The molecule has 6 nitrogen and oxygen atoms in total. The highest BCUT2D eigenvalue weighted by molar-refractivity contribution is 14.0. The van der Waals surface area contributed by atoms with Crippen LogP contribution in [-0.4, -0.2) is 42.5 Å². The van der Waals surface area contributed by atoms with Crippen LogP contribution in [0.2, 0.25) is 0 Å². The zero-order valence-electron chi connectivity index (χ0n) is 14.2. The first-order valence-electron chi connectivity index (χ1n) is 7.88. The number of ether oxygens (including phenoxy) is 1. The van der Waals surface area contributed by atoms with Crippen molar-refractivity contribution in [3.63, 3.8) is 0 Å². The van der Waals surface area contributed by atoms with Crippen molar-refractivity contribution < 1.29 is 4.74 Å². The smallest absolute Gasteiger partial charge is 0.190 e. The molecule has 0 aliphatic rings. The summed E-state index contributed by atoms with van der Waals surface area (Å²) in [7, 11) is 3.70. The average Bonchev–Trinajstić information content (AvgIpc) is 2.99. The molecule has 2 rings (SSSR count). The van der Waals surface area contributed by atoms with E-state index in [-0.39, 0.29) is 24.0 Å². The minimum absolute atomic E-state index is 0. The number of benzene rings is 1. The molecular formula is C17H26IN5O. The highest BCUT2D eigenvalue weighted by Crippen LogP contribution is 2.07. The number of guanidine groups is 1. The number of aromatic nitrogens is 2. The lowest BCUT2D eigenvalue weighted by Gasteiger charge is -2.12. The number of rotatable bonds is 8. The summed E-state index contributed by atoms with van der Waals surface area (Å²) >= 11 is 0. The van der Waals surface area contributed by atoms with Gasteiger partial charge < -0.3 is 15.4 Å². The van der Waals surface area contributed by atoms with Crippen molar-refractivity contribution in [3.8, 4) is 5.75 Å². The predicted octanol–water partition coefficient (Wildman–Crippen LogP) is 2.21. The zero-order chi connectivity index (χ0) is 16.3. The lowest BCUT2D eigenvalue weighted by Crippen LogP contribution is -2.39. The Kier molecular flexibility index (Phi) is 9.90. The van der Waals surface area contributed by atoms with E-state index in [4.69, 9.17) is 4.74 Å². The third-order valence-electron chi connectivity index (χ3n) is 3.31. The Hall–Kier alpha value is -1.77. The van der Waals surface area contributed by atoms with Crippen LogP contribution in [0.5, 0.6) is 5.75 Å². The normalized spacial score (nSPS) is 10.8. The molecule has 24 heavy (non-hydrogen) atoms. The van der Waals surface area contributed by atoms with Gasteiger partial charge in [-0.3, -0.25) is 9.67 Å². The largest absolute Gasteiger partial charge is 0.494 e. The number of aliphatic imine (C=N–C) groups is 1. The highest BCUT2D eigenvalue weighted by atomic mass is 127. The van der Waals surface area contributed by atoms with Crippen molar-refractivity contribution in [1.82, 2.24) is 20.4 Å². The third kappa shape index (κ3) is 7.67. The number of para-hydroxylation sites is 1. The number of aryl methyl sites for hydroxylation is 1. The molecule has 7 heteroatoms. The molecule has 0 aliphatic heterocycles. The second-order valence-corrected chi connectivity index (χ2v) is 5.21. The van der Waals surface area contributed by atoms with Gasteiger partial charge in [0.25, 0.3) is 0 Å². The van der Waals surface area contributed by atoms with Crippen LogP contribution in [0.1, 0.15) is 12.0 Å². The number of hydrogen-bond donors (Lipinski definition) is 2. The van der Waals surface area contributed by atoms with Crippen LogP contribution in [0.15, 0.2) is 47.7 Å². The minimum atomic E-state index is 0. The van der Waals surface area contributed by atoms with E-state index in [0.29, 0.717) is 6.61 Å². The van der Waals surface area contributed by atoms with E-state index in [1.54, 1.807) is 7.05 Å². The molecule has 0 aliphatic carbocycles. The topological polar surface area (TPSA) is 63.5 Å². The first kappa shape index (κ1) is 20.3. The minimum Gasteiger partial charge on any atom is -0.494 e. The molecule has 1 aromatic carbocycles. The van der Waals surface area contributed by atoms with Gasteiger partial charge >= 0.3 is 0 Å². The van der Waals surface area contributed by atoms with Crippen molar-refractivity contribution in [3.05, 3.63) is 48.3 Å². The fourth-order valence-corrected chi connectivity index (χ4v) is 2.13. The summed E-state index contributed by atoms with van der Waals surface area (Å²) < 4.78 is 7.47. The van der Waals surface area contributed by atoms with Gasteiger partial charge in [0.15, 0.2) is 5.96 Å². The maximum absolute atomic E-state index is 5.65. The summed E-state index contributed by atoms with van der Waals surface area (Å²) in [5.41, 5.74) is 1.21. The summed E-state index contributed by atoms with van der Waals surface area (Å²) in [5, 5.41) is 10.7. The highest BCUT2D eigenvalue weighted by Gasteiger charge is 1.99. The fourth-order valence-electron chi connectivity index (χ4n) is 2.13. The molecule has 2 N–H and O–H groups in total. The monoisotopic (exact) mass is 443 g/mol. The molecule has 1 aromatic heterocycles. The van der Waals surface area contributed by atoms with E-state index in [9.17, 15) is 0 Å². The summed E-state index contributed by atoms with van der Waals surface area (Å²) in [4.78, 5) is 4.21. The molecule has 1 heterocycles. The quantitative estimate of drug-likeness (QED) is 0.284. The second kappa shape index (κ2) is 11.7. The van der Waals surface area contributed by atoms with Crippen LogP contribution in [0.25, 0.3) is 0 Å². The number of halogens is 1. The van der Waals surface area contributed by atoms with Crippen molar-refractivity contribution in [2.45, 2.75) is 12.8 Å². The van der Waals surface area contributed by atoms with Crippen molar-refractivity contribution in [2.24, 2.45) is 12.0 Å². The molecule has 0 spiro atoms. The van der Waals surface area contributed by atoms with Gasteiger partial charge in [0.1, 0.15) is 5.75 Å². The van der Waals surface area contributed by atoms with Gasteiger partial charge in [-0.1, -0.05) is 18.2 Å². The molecule has 0 atom stereocenters. The Labute approximate surface area is 160 Å². The van der Waals surface area contributed by atoms with Crippen LogP contribution in [-0.2, 0) is 13.5 Å². The SMILES string of the molecule is CN=C(NCCCOc1ccccc1)NCCc1cnn(C)c1.I. The lowest BCUT2D eigenvalue weighted by molar-refractivity contribution is 0.311. The third-order valence-corrected chi connectivity index (χ3v) is 3.31. The summed E-state index contributed by atoms with van der Waals surface area (Å²) in [5.74, 6) is 1.72. The molecule has 0 saturated carbocycles. The van der Waals surface area contributed by atoms with Crippen LogP contribution in [0.3, 0.4) is 0 Å². The van der Waals surface area contributed by atoms with Crippen molar-refractivity contribution in [1.29, 1.82) is 0 Å². The van der Waals surface area contributed by atoms with E-state index in [2.05, 4.69) is 20.7 Å². The molecule has 132 valence electrons. The first-order valence-corrected chi connectivity index (χ1v) is 7.88. The Morgan fingerprint density at radius 1 is 1.21 bits per heavy atom. The Morgan fingerprint density at radius 2 is 1.96 bits per heavy atom. The average molecular weight is 443 g/mol. The van der Waals surface area contributed by atoms with Gasteiger partial charge in [0, 0.05) is 33.4 Å². The molecule has 0 amide bonds. The standard InChI is InChI=1S/C17H25N5O.HI/c1-18-17(20-11-9-15-13-21-22(2)14-15)19-10-6-12-23-16-7-4-3-5-8-16;/h3-5,7-8,13-14H,6,9-12H2,1-2H3,(H2,18,19,20);1H. The Balaban J connectivity index is 0.00000288. The van der Waals surface area contributed by atoms with Gasteiger partial charge in [-0.05, 0) is 30.5 Å². The number of nitrogens with one attached hydrogen (secondary N) is 2. The maximum atomic E-state index is 5.65. The van der Waals surface area contributed by atoms with Crippen LogP contribution >= 0.6 is 24.0 Å². The first-order chi connectivity index (χ1) is 11.3. The summed E-state index contributed by atoms with van der Waals surface area (Å²) in [6.45, 7) is 2.33. The summed E-state index contributed by atoms with van der Waals surface area (Å²) in [6.07, 6.45) is 5.75. The number of hydrogen-bond acceptors (Lipinski definition) is 3. The fraction of sp³-hybridized carbons (Fsp3) is 0.412. The molecular weight excluding hydrogens is 417 g/mol. The van der Waals surface area contributed by atoms with Crippen LogP contribution in [0, 0.1) is 0 Å². The van der Waals surface area contributed by atoms with Gasteiger partial charge in [-0.15, -0.1) is 24.0 Å². The predicted molar refractivity (Wildman–Crippen MR) is 108 cm³/mol. The van der Waals surface area contributed by atoms with Gasteiger partial charge in [0.2, 0.25) is 0 Å². The van der Waals surface area contributed by atoms with E-state index in [1.165, 1.54) is 5.56 Å². The second-order valence-electron chi connectivity index (χ2n) is 5.21. The molecule has 0 fully saturated rings. The Bertz CT molecular complexity index is 600. The van der Waals surface area contributed by atoms with Gasteiger partial charge in [-0.2, -0.15) is 5.10 Å². The van der Waals surface area contributed by atoms with Crippen LogP contribution < -0.4 is 15.4 Å². The maximum Gasteiger partial charge on any atom is 0.190 e. The zero-order valence-corrected chi connectivity index (χ0v) is 16.6. The molecule has 0 unspecified atom stereocenters. The van der Waals surface area contributed by atoms with Crippen LogP contribution in [0.4, 0.5) is 0 Å². The van der Waals surface area contributed by atoms with Crippen molar-refractivity contribution >= 4 is 29.9 Å². The molecule has 0 saturated heterocycles. The van der Waals surface area contributed by atoms with Gasteiger partial charge in [0.05, 0.1) is 12.8 Å². The lowest BCUT2D eigenvalue weighted by atomic mass is 10.2. The van der Waals surface area contributed by atoms with E-state index >= 15 is 0 Å². The van der Waals surface area contributed by atoms with E-state index in [0.717, 1.165) is 37.6 Å². The van der Waals surface area contributed by atoms with E-state index in [1.807, 2.05) is 54.5 Å². The summed E-state index contributed by atoms with van der Waals surface area (Å²) in [6, 6.07) is 9.86. The molecule has 0 radical (unpaired) electrons.